The second kappa shape index (κ2) is 64.8. The Hall–Kier alpha value is -5.75. The van der Waals surface area contributed by atoms with E-state index in [4.69, 9.17) is 14.2 Å². The van der Waals surface area contributed by atoms with Crippen molar-refractivity contribution in [2.75, 3.05) is 13.2 Å². The van der Waals surface area contributed by atoms with Gasteiger partial charge in [0.25, 0.3) is 0 Å². The van der Waals surface area contributed by atoms with E-state index in [2.05, 4.69) is 203 Å². The number of ether oxygens (including phenoxy) is 3. The fourth-order valence-corrected chi connectivity index (χ4v) is 7.58. The number of unbranched alkanes of at least 4 members (excludes halogenated alkanes) is 10. The highest BCUT2D eigenvalue weighted by atomic mass is 16.6. The van der Waals surface area contributed by atoms with Crippen LogP contribution < -0.4 is 0 Å². The van der Waals surface area contributed by atoms with Gasteiger partial charge in [0.05, 0.1) is 0 Å². The predicted octanol–water partition coefficient (Wildman–Crippen LogP) is 21.4. The van der Waals surface area contributed by atoms with Crippen molar-refractivity contribution in [3.63, 3.8) is 0 Å². The Labute approximate surface area is 484 Å². The average Bonchev–Trinajstić information content (AvgIpc) is 3.45. The number of carbonyl (C=O) groups excluding carboxylic acids is 3. The molecule has 0 spiro atoms. The molecule has 0 aromatic carbocycles. The van der Waals surface area contributed by atoms with Gasteiger partial charge in [-0.3, -0.25) is 14.4 Å². The Kier molecular flexibility index (Phi) is 60.1. The smallest absolute Gasteiger partial charge is 0.306 e. The molecule has 0 rings (SSSR count). The van der Waals surface area contributed by atoms with E-state index >= 15 is 0 Å². The molecule has 0 bridgehead atoms. The third-order valence-corrected chi connectivity index (χ3v) is 12.1. The van der Waals surface area contributed by atoms with Crippen molar-refractivity contribution in [3.05, 3.63) is 194 Å². The molecule has 438 valence electrons. The van der Waals surface area contributed by atoms with E-state index in [0.29, 0.717) is 19.3 Å². The molecule has 0 saturated heterocycles. The summed E-state index contributed by atoms with van der Waals surface area (Å²) < 4.78 is 16.8. The van der Waals surface area contributed by atoms with Crippen molar-refractivity contribution in [2.24, 2.45) is 0 Å². The van der Waals surface area contributed by atoms with Gasteiger partial charge in [0.2, 0.25) is 0 Å². The van der Waals surface area contributed by atoms with E-state index in [1.54, 1.807) is 0 Å². The molecule has 0 amide bonds. The second-order valence-corrected chi connectivity index (χ2v) is 19.5. The van der Waals surface area contributed by atoms with Crippen LogP contribution in [0.1, 0.15) is 226 Å². The van der Waals surface area contributed by atoms with Crippen LogP contribution in [0.4, 0.5) is 0 Å². The lowest BCUT2D eigenvalue weighted by molar-refractivity contribution is -0.166. The number of rotatable bonds is 53. The summed E-state index contributed by atoms with van der Waals surface area (Å²) in [5.74, 6) is -1.08. The van der Waals surface area contributed by atoms with Crippen molar-refractivity contribution in [1.29, 1.82) is 0 Å². The molecule has 6 heteroatoms. The van der Waals surface area contributed by atoms with Crippen LogP contribution in [0.15, 0.2) is 194 Å². The minimum Gasteiger partial charge on any atom is -0.462 e. The Bertz CT molecular complexity index is 1920. The maximum absolute atomic E-state index is 12.9. The van der Waals surface area contributed by atoms with E-state index in [0.717, 1.165) is 141 Å². The topological polar surface area (TPSA) is 78.9 Å². The molecule has 0 aromatic heterocycles. The molecule has 0 radical (unpaired) electrons. The van der Waals surface area contributed by atoms with E-state index in [-0.39, 0.29) is 44.0 Å². The number of hydrogen-bond donors (Lipinski definition) is 0. The number of allylic oxidation sites excluding steroid dienone is 32. The summed E-state index contributed by atoms with van der Waals surface area (Å²) in [5, 5.41) is 0. The molecule has 1 unspecified atom stereocenters. The molecule has 0 N–H and O–H groups in total. The molecule has 0 aliphatic heterocycles. The molecule has 1 atom stereocenters. The first-order valence-electron chi connectivity index (χ1n) is 30.9. The zero-order valence-electron chi connectivity index (χ0n) is 50.0. The van der Waals surface area contributed by atoms with Crippen LogP contribution in [-0.2, 0) is 28.6 Å². The van der Waals surface area contributed by atoms with Crippen molar-refractivity contribution in [3.8, 4) is 0 Å². The van der Waals surface area contributed by atoms with Crippen molar-refractivity contribution >= 4 is 17.9 Å². The normalized spacial score (nSPS) is 13.5. The van der Waals surface area contributed by atoms with E-state index in [9.17, 15) is 14.4 Å². The zero-order chi connectivity index (χ0) is 57.1. The Balaban J connectivity index is 4.51. The second-order valence-electron chi connectivity index (χ2n) is 19.5. The molecule has 0 aromatic rings. The van der Waals surface area contributed by atoms with Crippen molar-refractivity contribution in [2.45, 2.75) is 232 Å². The predicted molar refractivity (Wildman–Crippen MR) is 343 cm³/mol. The van der Waals surface area contributed by atoms with Crippen LogP contribution in [0, 0.1) is 0 Å². The zero-order valence-corrected chi connectivity index (χ0v) is 50.0. The quantitative estimate of drug-likeness (QED) is 0.0261. The highest BCUT2D eigenvalue weighted by Gasteiger charge is 2.19. The molecule has 79 heavy (non-hydrogen) atoms. The van der Waals surface area contributed by atoms with Crippen LogP contribution in [0.25, 0.3) is 0 Å². The first kappa shape index (κ1) is 73.2. The number of carbonyl (C=O) groups is 3. The molecule has 0 aliphatic carbocycles. The van der Waals surface area contributed by atoms with Gasteiger partial charge in [0, 0.05) is 19.3 Å². The summed E-state index contributed by atoms with van der Waals surface area (Å²) in [4.78, 5) is 38.2. The average molecular weight is 1080 g/mol. The summed E-state index contributed by atoms with van der Waals surface area (Å²) in [5.41, 5.74) is 0. The molecule has 0 heterocycles. The van der Waals surface area contributed by atoms with Crippen molar-refractivity contribution in [1.82, 2.24) is 0 Å². The maximum atomic E-state index is 12.9. The minimum absolute atomic E-state index is 0.133. The lowest BCUT2D eigenvalue weighted by Gasteiger charge is -2.18. The fourth-order valence-electron chi connectivity index (χ4n) is 7.58. The molecule has 0 aliphatic rings. The summed E-state index contributed by atoms with van der Waals surface area (Å²) in [6.07, 6.45) is 98.8. The monoisotopic (exact) mass is 1080 g/mol. The van der Waals surface area contributed by atoms with Crippen LogP contribution in [0.5, 0.6) is 0 Å². The Morgan fingerprint density at radius 2 is 0.481 bits per heavy atom. The van der Waals surface area contributed by atoms with Gasteiger partial charge in [0.15, 0.2) is 6.10 Å². The van der Waals surface area contributed by atoms with Gasteiger partial charge in [-0.1, -0.05) is 254 Å². The number of hydrogen-bond acceptors (Lipinski definition) is 6. The van der Waals surface area contributed by atoms with E-state index < -0.39 is 6.10 Å². The van der Waals surface area contributed by atoms with Crippen molar-refractivity contribution < 1.29 is 28.6 Å². The molecule has 6 nitrogen and oxygen atoms in total. The van der Waals surface area contributed by atoms with Gasteiger partial charge in [-0.15, -0.1) is 0 Å². The fraction of sp³-hybridized carbons (Fsp3) is 0.521. The summed E-state index contributed by atoms with van der Waals surface area (Å²) in [6, 6.07) is 0. The molecular formula is C73H110O6. The molecule has 0 fully saturated rings. The van der Waals surface area contributed by atoms with E-state index in [1.807, 2.05) is 12.2 Å². The number of esters is 3. The highest BCUT2D eigenvalue weighted by Crippen LogP contribution is 2.13. The summed E-state index contributed by atoms with van der Waals surface area (Å²) >= 11 is 0. The van der Waals surface area contributed by atoms with Gasteiger partial charge in [-0.25, -0.2) is 0 Å². The van der Waals surface area contributed by atoms with E-state index in [1.165, 1.54) is 32.1 Å². The van der Waals surface area contributed by atoms with Crippen LogP contribution in [0.2, 0.25) is 0 Å². The largest absolute Gasteiger partial charge is 0.462 e. The van der Waals surface area contributed by atoms with Gasteiger partial charge < -0.3 is 14.2 Å². The summed E-state index contributed by atoms with van der Waals surface area (Å²) in [7, 11) is 0. The summed E-state index contributed by atoms with van der Waals surface area (Å²) in [6.45, 7) is 6.17. The molecular weight excluding hydrogens is 973 g/mol. The van der Waals surface area contributed by atoms with Crippen LogP contribution >= 0.6 is 0 Å². The Morgan fingerprint density at radius 3 is 0.810 bits per heavy atom. The first-order valence-corrected chi connectivity index (χ1v) is 30.9. The third-order valence-electron chi connectivity index (χ3n) is 12.1. The van der Waals surface area contributed by atoms with Gasteiger partial charge in [-0.2, -0.15) is 0 Å². The third kappa shape index (κ3) is 63.0. The van der Waals surface area contributed by atoms with Gasteiger partial charge in [0.1, 0.15) is 13.2 Å². The highest BCUT2D eigenvalue weighted by molar-refractivity contribution is 5.71. The maximum Gasteiger partial charge on any atom is 0.306 e. The van der Waals surface area contributed by atoms with Crippen LogP contribution in [-0.4, -0.2) is 37.2 Å². The van der Waals surface area contributed by atoms with Gasteiger partial charge in [-0.05, 0) is 148 Å². The lowest BCUT2D eigenvalue weighted by Crippen LogP contribution is -2.30. The SMILES string of the molecule is CC/C=C\C/C=C\C/C=C\C/C=C\C/C=C\C/C=C\CCCCCCCCCCC(=O)OCC(COC(=O)CC/C=C\C/C=C\C/C=C\C/C=C\CC)OC(=O)CCCC/C=C\C/C=C\C/C=C\C/C=C\C/C=C\C/C=C\CC. The molecule has 0 saturated carbocycles. The standard InChI is InChI=1S/C73H110O6/c1-4-7-10-13-16-19-22-25-27-29-31-33-34-35-36-37-38-40-41-43-45-48-51-54-57-60-63-66-72(75)78-69-70(68-77-71(74)65-62-59-56-53-50-47-24-21-18-15-12-9-6-3)79-73(76)67-64-61-58-55-52-49-46-44-42-39-32-30-28-26-23-20-17-14-11-8-5-2/h7-12,16-21,25-28,31-33,35-36,38-40,44,46-47,50,52,55-56,59,70H,4-6,13-15,22-24,29-30,34,37,41-43,45,48-49,51,53-54,57-58,60-69H2,1-3H3/b10-7-,11-8-,12-9-,19-16-,20-17-,21-18-,27-25-,28-26-,33-31-,36-35-,39-32-,40-38-,46-44-,50-47-,55-52-,59-56-. The Morgan fingerprint density at radius 1 is 0.253 bits per heavy atom. The minimum atomic E-state index is -0.847. The lowest BCUT2D eigenvalue weighted by atomic mass is 10.1. The van der Waals surface area contributed by atoms with Gasteiger partial charge >= 0.3 is 17.9 Å². The van der Waals surface area contributed by atoms with Crippen LogP contribution in [0.3, 0.4) is 0 Å². The first-order chi connectivity index (χ1) is 39.0.